The Labute approximate surface area is 85.0 Å². The first-order valence-electron chi connectivity index (χ1n) is 3.76. The van der Waals surface area contributed by atoms with Gasteiger partial charge in [0, 0.05) is 4.47 Å². The summed E-state index contributed by atoms with van der Waals surface area (Å²) in [7, 11) is 0. The van der Waals surface area contributed by atoms with E-state index in [2.05, 4.69) is 22.5 Å². The Hall–Kier alpha value is -1.09. The van der Waals surface area contributed by atoms with E-state index < -0.39 is 11.9 Å². The summed E-state index contributed by atoms with van der Waals surface area (Å²) in [5, 5.41) is 8.81. The van der Waals surface area contributed by atoms with E-state index in [4.69, 9.17) is 5.11 Å². The van der Waals surface area contributed by atoms with Crippen LogP contribution in [-0.2, 0) is 4.79 Å². The maximum absolute atomic E-state index is 10.7. The topological polar surface area (TPSA) is 37.3 Å². The molecule has 0 bridgehead atoms. The minimum Gasteiger partial charge on any atom is -0.481 e. The summed E-state index contributed by atoms with van der Waals surface area (Å²) in [4.78, 5) is 10.7. The van der Waals surface area contributed by atoms with Crippen LogP contribution in [0.15, 0.2) is 41.4 Å². The average Bonchev–Trinajstić information content (AvgIpc) is 2.09. The van der Waals surface area contributed by atoms with Crippen LogP contribution in [0, 0.1) is 0 Å². The molecule has 3 heteroatoms. The van der Waals surface area contributed by atoms with Crippen molar-refractivity contribution in [1.29, 1.82) is 0 Å². The smallest absolute Gasteiger partial charge is 0.314 e. The Morgan fingerprint density at radius 2 is 2.00 bits per heavy atom. The summed E-state index contributed by atoms with van der Waals surface area (Å²) in [6.45, 7) is 3.49. The zero-order chi connectivity index (χ0) is 9.84. The number of carboxylic acid groups (broad SMARTS) is 1. The molecule has 2 nitrogen and oxygen atoms in total. The van der Waals surface area contributed by atoms with Gasteiger partial charge in [-0.1, -0.05) is 34.1 Å². The highest BCUT2D eigenvalue weighted by Crippen LogP contribution is 2.19. The van der Waals surface area contributed by atoms with Gasteiger partial charge in [0.2, 0.25) is 0 Å². The highest BCUT2D eigenvalue weighted by Gasteiger charge is 2.14. The quantitative estimate of drug-likeness (QED) is 0.826. The van der Waals surface area contributed by atoms with Crippen LogP contribution in [0.5, 0.6) is 0 Å². The number of carbonyl (C=O) groups is 1. The van der Waals surface area contributed by atoms with E-state index >= 15 is 0 Å². The lowest BCUT2D eigenvalue weighted by Gasteiger charge is -2.06. The third-order valence-electron chi connectivity index (χ3n) is 1.73. The summed E-state index contributed by atoms with van der Waals surface area (Å²) < 4.78 is 0.935. The third-order valence-corrected chi connectivity index (χ3v) is 2.26. The zero-order valence-corrected chi connectivity index (χ0v) is 8.49. The fourth-order valence-electron chi connectivity index (χ4n) is 1.05. The van der Waals surface area contributed by atoms with Gasteiger partial charge in [-0.2, -0.15) is 0 Å². The minimum atomic E-state index is -0.877. The van der Waals surface area contributed by atoms with Gasteiger partial charge in [0.05, 0.1) is 5.92 Å². The summed E-state index contributed by atoms with van der Waals surface area (Å²) in [5.74, 6) is -1.49. The van der Waals surface area contributed by atoms with Gasteiger partial charge in [-0.05, 0) is 17.7 Å². The van der Waals surface area contributed by atoms with Crippen LogP contribution in [0.25, 0.3) is 0 Å². The van der Waals surface area contributed by atoms with Gasteiger partial charge in [-0.15, -0.1) is 6.58 Å². The fourth-order valence-corrected chi connectivity index (χ4v) is 1.31. The second-order valence-corrected chi connectivity index (χ2v) is 3.52. The van der Waals surface area contributed by atoms with Crippen molar-refractivity contribution in [2.45, 2.75) is 5.92 Å². The van der Waals surface area contributed by atoms with Crippen molar-refractivity contribution in [1.82, 2.24) is 0 Å². The molecule has 68 valence electrons. The highest BCUT2D eigenvalue weighted by atomic mass is 79.9. The molecular formula is C10H9BrO2. The fraction of sp³-hybridized carbons (Fsp3) is 0.100. The molecule has 0 radical (unpaired) electrons. The van der Waals surface area contributed by atoms with Crippen molar-refractivity contribution in [2.24, 2.45) is 0 Å². The number of benzene rings is 1. The molecule has 1 N–H and O–H groups in total. The molecule has 1 unspecified atom stereocenters. The number of aliphatic carboxylic acids is 1. The molecule has 13 heavy (non-hydrogen) atoms. The van der Waals surface area contributed by atoms with E-state index in [0.29, 0.717) is 0 Å². The van der Waals surface area contributed by atoms with Crippen LogP contribution in [-0.4, -0.2) is 11.1 Å². The third kappa shape index (κ3) is 2.42. The van der Waals surface area contributed by atoms with Gasteiger partial charge in [0.15, 0.2) is 0 Å². The molecule has 0 spiro atoms. The number of hydrogen-bond acceptors (Lipinski definition) is 1. The Kier molecular flexibility index (Phi) is 3.25. The zero-order valence-electron chi connectivity index (χ0n) is 6.90. The summed E-state index contributed by atoms with van der Waals surface area (Å²) in [6, 6.07) is 7.17. The molecule has 1 atom stereocenters. The lowest BCUT2D eigenvalue weighted by molar-refractivity contribution is -0.137. The molecule has 0 saturated heterocycles. The van der Waals surface area contributed by atoms with E-state index in [9.17, 15) is 4.79 Å². The molecule has 0 aliphatic heterocycles. The van der Waals surface area contributed by atoms with Gasteiger partial charge >= 0.3 is 5.97 Å². The van der Waals surface area contributed by atoms with Crippen LogP contribution < -0.4 is 0 Å². The molecule has 0 fully saturated rings. The first kappa shape index (κ1) is 9.99. The van der Waals surface area contributed by atoms with Crippen molar-refractivity contribution in [3.8, 4) is 0 Å². The number of rotatable bonds is 3. The van der Waals surface area contributed by atoms with Gasteiger partial charge in [0.1, 0.15) is 0 Å². The van der Waals surface area contributed by atoms with Crippen molar-refractivity contribution >= 4 is 21.9 Å². The van der Waals surface area contributed by atoms with Crippen LogP contribution in [0.3, 0.4) is 0 Å². The van der Waals surface area contributed by atoms with E-state index in [1.165, 1.54) is 6.08 Å². The number of hydrogen-bond donors (Lipinski definition) is 1. The van der Waals surface area contributed by atoms with E-state index in [1.54, 1.807) is 12.1 Å². The second kappa shape index (κ2) is 4.23. The van der Waals surface area contributed by atoms with Gasteiger partial charge in [0.25, 0.3) is 0 Å². The standard InChI is InChI=1S/C10H9BrO2/c1-2-9(10(12)13)7-3-5-8(11)6-4-7/h2-6,9H,1H2,(H,12,13). The molecule has 0 saturated carbocycles. The van der Waals surface area contributed by atoms with Crippen molar-refractivity contribution in [3.05, 3.63) is 47.0 Å². The SMILES string of the molecule is C=CC(C(=O)O)c1ccc(Br)cc1. The largest absolute Gasteiger partial charge is 0.481 e. The maximum atomic E-state index is 10.7. The van der Waals surface area contributed by atoms with Crippen LogP contribution in [0.2, 0.25) is 0 Å². The second-order valence-electron chi connectivity index (χ2n) is 2.60. The minimum absolute atomic E-state index is 0.618. The summed E-state index contributed by atoms with van der Waals surface area (Å²) in [6.07, 6.45) is 1.42. The molecule has 0 aliphatic rings. The molecule has 0 heterocycles. The average molecular weight is 241 g/mol. The van der Waals surface area contributed by atoms with E-state index in [-0.39, 0.29) is 0 Å². The normalized spacial score (nSPS) is 12.1. The van der Waals surface area contributed by atoms with E-state index in [0.717, 1.165) is 10.0 Å². The molecule has 1 aromatic carbocycles. The van der Waals surface area contributed by atoms with Crippen LogP contribution >= 0.6 is 15.9 Å². The maximum Gasteiger partial charge on any atom is 0.314 e. The van der Waals surface area contributed by atoms with Gasteiger partial charge in [-0.25, -0.2) is 0 Å². The van der Waals surface area contributed by atoms with Gasteiger partial charge < -0.3 is 5.11 Å². The highest BCUT2D eigenvalue weighted by molar-refractivity contribution is 9.10. The molecular weight excluding hydrogens is 232 g/mol. The Morgan fingerprint density at radius 3 is 2.38 bits per heavy atom. The van der Waals surface area contributed by atoms with Crippen molar-refractivity contribution in [2.75, 3.05) is 0 Å². The number of carboxylic acids is 1. The lowest BCUT2D eigenvalue weighted by atomic mass is 10.00. The van der Waals surface area contributed by atoms with Crippen LogP contribution in [0.4, 0.5) is 0 Å². The number of halogens is 1. The Balaban J connectivity index is 2.99. The summed E-state index contributed by atoms with van der Waals surface area (Å²) >= 11 is 3.28. The molecule has 1 rings (SSSR count). The summed E-state index contributed by atoms with van der Waals surface area (Å²) in [5.41, 5.74) is 0.741. The molecule has 1 aromatic rings. The molecule has 0 amide bonds. The Morgan fingerprint density at radius 1 is 1.46 bits per heavy atom. The van der Waals surface area contributed by atoms with Gasteiger partial charge in [-0.3, -0.25) is 4.79 Å². The Bertz CT molecular complexity index is 316. The predicted molar refractivity (Wildman–Crippen MR) is 54.7 cm³/mol. The van der Waals surface area contributed by atoms with E-state index in [1.807, 2.05) is 12.1 Å². The predicted octanol–water partition coefficient (Wildman–Crippen LogP) is 2.80. The first-order chi connectivity index (χ1) is 6.15. The molecule has 0 aromatic heterocycles. The monoisotopic (exact) mass is 240 g/mol. The lowest BCUT2D eigenvalue weighted by Crippen LogP contribution is -2.08. The first-order valence-corrected chi connectivity index (χ1v) is 4.55. The molecule has 0 aliphatic carbocycles. The van der Waals surface area contributed by atoms with Crippen molar-refractivity contribution < 1.29 is 9.90 Å². The van der Waals surface area contributed by atoms with Crippen molar-refractivity contribution in [3.63, 3.8) is 0 Å². The van der Waals surface area contributed by atoms with Crippen LogP contribution in [0.1, 0.15) is 11.5 Å².